The molecule has 0 unspecified atom stereocenters. The van der Waals surface area contributed by atoms with Gasteiger partial charge in [-0.1, -0.05) is 11.3 Å². The lowest BCUT2D eigenvalue weighted by Crippen LogP contribution is -2.34. The highest BCUT2D eigenvalue weighted by atomic mass is 32.1. The lowest BCUT2D eigenvalue weighted by molar-refractivity contribution is 0.102. The molecule has 0 fully saturated rings. The lowest BCUT2D eigenvalue weighted by Gasteiger charge is -2.10. The Balaban J connectivity index is 1.65. The van der Waals surface area contributed by atoms with Crippen LogP contribution in [0, 0.1) is 0 Å². The van der Waals surface area contributed by atoms with Gasteiger partial charge in [0.05, 0.1) is 16.8 Å². The molecule has 3 N–H and O–H groups in total. The number of amides is 3. The first kappa shape index (κ1) is 19.6. The number of urea groups is 1. The molecule has 0 aliphatic rings. The van der Waals surface area contributed by atoms with E-state index in [1.54, 1.807) is 24.3 Å². The number of hydrogen-bond donors (Lipinski definition) is 3. The highest BCUT2D eigenvalue weighted by Crippen LogP contribution is 2.29. The van der Waals surface area contributed by atoms with Crippen molar-refractivity contribution in [1.82, 2.24) is 10.3 Å². The van der Waals surface area contributed by atoms with Gasteiger partial charge in [-0.05, 0) is 63.2 Å². The fourth-order valence-electron chi connectivity index (χ4n) is 2.52. The van der Waals surface area contributed by atoms with Crippen molar-refractivity contribution in [1.29, 1.82) is 0 Å². The van der Waals surface area contributed by atoms with E-state index in [2.05, 4.69) is 20.9 Å². The molecule has 7 nitrogen and oxygen atoms in total. The predicted molar refractivity (Wildman–Crippen MR) is 112 cm³/mol. The van der Waals surface area contributed by atoms with Gasteiger partial charge in [-0.3, -0.25) is 10.1 Å². The second kappa shape index (κ2) is 8.71. The van der Waals surface area contributed by atoms with E-state index >= 15 is 0 Å². The topological polar surface area (TPSA) is 92.3 Å². The number of nitrogens with zero attached hydrogens (tertiary/aromatic N) is 1. The minimum atomic E-state index is -0.284. The molecule has 0 saturated heterocycles. The molecule has 3 amide bonds. The molecule has 0 atom stereocenters. The number of benzene rings is 2. The van der Waals surface area contributed by atoms with Gasteiger partial charge in [0.15, 0.2) is 5.13 Å². The first-order valence-electron chi connectivity index (χ1n) is 8.97. The second-order valence-electron chi connectivity index (χ2n) is 6.37. The number of anilines is 2. The average Bonchev–Trinajstić information content (AvgIpc) is 3.03. The number of nitrogens with one attached hydrogen (secondary N) is 3. The van der Waals surface area contributed by atoms with Crippen molar-refractivity contribution in [3.8, 4) is 5.75 Å². The molecule has 0 saturated carbocycles. The van der Waals surface area contributed by atoms with Crippen molar-refractivity contribution in [2.24, 2.45) is 0 Å². The fraction of sp³-hybridized carbons (Fsp3) is 0.250. The molecular formula is C20H22N4O3S. The van der Waals surface area contributed by atoms with E-state index in [0.717, 1.165) is 16.0 Å². The molecule has 2 aromatic carbocycles. The summed E-state index contributed by atoms with van der Waals surface area (Å²) in [6.45, 7) is 6.29. The zero-order chi connectivity index (χ0) is 20.1. The van der Waals surface area contributed by atoms with Crippen molar-refractivity contribution in [2.75, 3.05) is 17.2 Å². The van der Waals surface area contributed by atoms with Gasteiger partial charge in [-0.25, -0.2) is 9.78 Å². The molecule has 146 valence electrons. The van der Waals surface area contributed by atoms with Crippen LogP contribution in [-0.4, -0.2) is 29.6 Å². The summed E-state index contributed by atoms with van der Waals surface area (Å²) in [5.41, 5.74) is 1.89. The van der Waals surface area contributed by atoms with E-state index in [1.165, 1.54) is 11.3 Å². The molecule has 28 heavy (non-hydrogen) atoms. The van der Waals surface area contributed by atoms with E-state index in [-0.39, 0.29) is 18.0 Å². The van der Waals surface area contributed by atoms with Crippen LogP contribution < -0.4 is 20.7 Å². The molecule has 0 bridgehead atoms. The Morgan fingerprint density at radius 2 is 1.86 bits per heavy atom. The summed E-state index contributed by atoms with van der Waals surface area (Å²) >= 11 is 1.39. The highest BCUT2D eigenvalue weighted by molar-refractivity contribution is 7.22. The number of rotatable bonds is 6. The summed E-state index contributed by atoms with van der Waals surface area (Å²) in [4.78, 5) is 28.6. The second-order valence-corrected chi connectivity index (χ2v) is 7.40. The summed E-state index contributed by atoms with van der Waals surface area (Å²) in [6, 6.07) is 12.1. The Labute approximate surface area is 167 Å². The lowest BCUT2D eigenvalue weighted by atomic mass is 10.2. The van der Waals surface area contributed by atoms with E-state index in [0.29, 0.717) is 23.0 Å². The third-order valence-electron chi connectivity index (χ3n) is 3.72. The first-order valence-corrected chi connectivity index (χ1v) is 9.78. The van der Waals surface area contributed by atoms with Gasteiger partial charge in [-0.15, -0.1) is 0 Å². The number of carbonyl (C=O) groups is 2. The van der Waals surface area contributed by atoms with Gasteiger partial charge in [0, 0.05) is 17.3 Å². The summed E-state index contributed by atoms with van der Waals surface area (Å²) in [5.74, 6) is 0.517. The molecule has 0 spiro atoms. The molecule has 0 aliphatic carbocycles. The Morgan fingerprint density at radius 3 is 2.54 bits per heavy atom. The summed E-state index contributed by atoms with van der Waals surface area (Å²) in [6.07, 6.45) is 0. The van der Waals surface area contributed by atoms with Crippen molar-refractivity contribution in [3.05, 3.63) is 48.0 Å². The number of thiazole rings is 1. The number of hydrogen-bond acceptors (Lipinski definition) is 5. The number of ether oxygens (including phenoxy) is 1. The summed E-state index contributed by atoms with van der Waals surface area (Å²) < 4.78 is 6.43. The van der Waals surface area contributed by atoms with Crippen LogP contribution in [0.1, 0.15) is 31.1 Å². The van der Waals surface area contributed by atoms with Gasteiger partial charge in [0.25, 0.3) is 5.91 Å². The Hall–Kier alpha value is -3.13. The van der Waals surface area contributed by atoms with Gasteiger partial charge in [0.1, 0.15) is 5.75 Å². The van der Waals surface area contributed by atoms with Crippen LogP contribution in [0.2, 0.25) is 0 Å². The Kier molecular flexibility index (Phi) is 6.10. The molecular weight excluding hydrogens is 376 g/mol. The quantitative estimate of drug-likeness (QED) is 0.571. The normalized spacial score (nSPS) is 10.7. The van der Waals surface area contributed by atoms with Crippen molar-refractivity contribution >= 4 is 44.3 Å². The zero-order valence-electron chi connectivity index (χ0n) is 15.9. The standard InChI is InChI=1S/C20H22N4O3S/c1-4-27-15-9-10-16-17(11-15)28-20(23-16)24-18(25)13-5-7-14(8-6-13)22-19(26)21-12(2)3/h5-12H,4H2,1-3H3,(H2,21,22,26)(H,23,24,25). The highest BCUT2D eigenvalue weighted by Gasteiger charge is 2.11. The summed E-state index contributed by atoms with van der Waals surface area (Å²) in [5, 5.41) is 8.79. The van der Waals surface area contributed by atoms with E-state index in [1.807, 2.05) is 39.0 Å². The predicted octanol–water partition coefficient (Wildman–Crippen LogP) is 4.48. The van der Waals surface area contributed by atoms with Crippen LogP contribution in [0.25, 0.3) is 10.2 Å². The minimum Gasteiger partial charge on any atom is -0.494 e. The van der Waals surface area contributed by atoms with E-state index in [4.69, 9.17) is 4.74 Å². The van der Waals surface area contributed by atoms with Crippen LogP contribution >= 0.6 is 11.3 Å². The Bertz CT molecular complexity index is 983. The van der Waals surface area contributed by atoms with Crippen LogP contribution in [0.5, 0.6) is 5.75 Å². The number of fused-ring (bicyclic) bond motifs is 1. The van der Waals surface area contributed by atoms with Crippen LogP contribution in [0.15, 0.2) is 42.5 Å². The van der Waals surface area contributed by atoms with Gasteiger partial charge < -0.3 is 15.4 Å². The maximum Gasteiger partial charge on any atom is 0.319 e. The maximum atomic E-state index is 12.5. The largest absolute Gasteiger partial charge is 0.494 e. The third kappa shape index (κ3) is 4.98. The molecule has 1 heterocycles. The van der Waals surface area contributed by atoms with Crippen molar-refractivity contribution in [2.45, 2.75) is 26.8 Å². The molecule has 1 aromatic heterocycles. The Morgan fingerprint density at radius 1 is 1.11 bits per heavy atom. The van der Waals surface area contributed by atoms with Crippen LogP contribution in [0.4, 0.5) is 15.6 Å². The monoisotopic (exact) mass is 398 g/mol. The van der Waals surface area contributed by atoms with Gasteiger partial charge >= 0.3 is 6.03 Å². The first-order chi connectivity index (χ1) is 13.4. The van der Waals surface area contributed by atoms with Crippen molar-refractivity contribution < 1.29 is 14.3 Å². The van der Waals surface area contributed by atoms with Gasteiger partial charge in [-0.2, -0.15) is 0 Å². The number of carbonyl (C=O) groups excluding carboxylic acids is 2. The van der Waals surface area contributed by atoms with Crippen LogP contribution in [0.3, 0.4) is 0 Å². The summed E-state index contributed by atoms with van der Waals surface area (Å²) in [7, 11) is 0. The van der Waals surface area contributed by atoms with Crippen LogP contribution in [-0.2, 0) is 0 Å². The SMILES string of the molecule is CCOc1ccc2nc(NC(=O)c3ccc(NC(=O)NC(C)C)cc3)sc2c1. The maximum absolute atomic E-state index is 12.5. The van der Waals surface area contributed by atoms with E-state index < -0.39 is 0 Å². The molecule has 0 aliphatic heterocycles. The van der Waals surface area contributed by atoms with Gasteiger partial charge in [0.2, 0.25) is 0 Å². The fourth-order valence-corrected chi connectivity index (χ4v) is 3.41. The molecule has 3 aromatic rings. The molecule has 3 rings (SSSR count). The number of aromatic nitrogens is 1. The molecule has 0 radical (unpaired) electrons. The van der Waals surface area contributed by atoms with E-state index in [9.17, 15) is 9.59 Å². The minimum absolute atomic E-state index is 0.0449. The zero-order valence-corrected chi connectivity index (χ0v) is 16.7. The average molecular weight is 398 g/mol. The molecule has 8 heteroatoms. The van der Waals surface area contributed by atoms with Crippen molar-refractivity contribution in [3.63, 3.8) is 0 Å². The smallest absolute Gasteiger partial charge is 0.319 e. The third-order valence-corrected chi connectivity index (χ3v) is 4.65.